The molecule has 3 rings (SSSR count). The average Bonchev–Trinajstić information content (AvgIpc) is 2.59. The Morgan fingerprint density at radius 1 is 1.04 bits per heavy atom. The topological polar surface area (TPSA) is 76.7 Å². The van der Waals surface area contributed by atoms with Gasteiger partial charge in [0, 0.05) is 5.02 Å². The Kier molecular flexibility index (Phi) is 4.78. The number of hydrogen-bond acceptors (Lipinski definition) is 4. The van der Waals surface area contributed by atoms with Crippen molar-refractivity contribution in [2.75, 3.05) is 6.61 Å². The Morgan fingerprint density at radius 2 is 1.79 bits per heavy atom. The molecule has 0 fully saturated rings. The second kappa shape index (κ2) is 6.98. The Bertz CT molecular complexity index is 797. The van der Waals surface area contributed by atoms with Crippen LogP contribution in [0.3, 0.4) is 0 Å². The second-order valence-electron chi connectivity index (χ2n) is 4.93. The van der Waals surface area contributed by atoms with E-state index in [4.69, 9.17) is 32.7 Å². The number of hydrazine groups is 1. The molecule has 0 bridgehead atoms. The van der Waals surface area contributed by atoms with E-state index in [1.807, 2.05) is 0 Å². The van der Waals surface area contributed by atoms with Gasteiger partial charge in [-0.25, -0.2) is 0 Å². The fraction of sp³-hybridized carbons (Fsp3) is 0.125. The van der Waals surface area contributed by atoms with Gasteiger partial charge in [-0.15, -0.1) is 0 Å². The number of carbonyl (C=O) groups excluding carboxylic acids is 2. The summed E-state index contributed by atoms with van der Waals surface area (Å²) in [7, 11) is 0. The maximum atomic E-state index is 12.1. The first-order valence-corrected chi connectivity index (χ1v) is 7.74. The van der Waals surface area contributed by atoms with Crippen LogP contribution in [0.25, 0.3) is 0 Å². The van der Waals surface area contributed by atoms with Gasteiger partial charge in [0.1, 0.15) is 6.61 Å². The third-order valence-corrected chi connectivity index (χ3v) is 3.82. The normalized spacial score (nSPS) is 15.5. The van der Waals surface area contributed by atoms with E-state index in [9.17, 15) is 9.59 Å². The van der Waals surface area contributed by atoms with E-state index >= 15 is 0 Å². The lowest BCUT2D eigenvalue weighted by molar-refractivity contribution is -0.131. The summed E-state index contributed by atoms with van der Waals surface area (Å²) in [6, 6.07) is 11.4. The fourth-order valence-corrected chi connectivity index (χ4v) is 2.58. The number of ether oxygens (including phenoxy) is 2. The molecule has 1 unspecified atom stereocenters. The van der Waals surface area contributed by atoms with Gasteiger partial charge in [0.2, 0.25) is 6.10 Å². The van der Waals surface area contributed by atoms with E-state index in [1.165, 1.54) is 18.2 Å². The summed E-state index contributed by atoms with van der Waals surface area (Å²) < 4.78 is 11.0. The Balaban J connectivity index is 1.59. The molecule has 24 heavy (non-hydrogen) atoms. The number of amides is 2. The van der Waals surface area contributed by atoms with Crippen molar-refractivity contribution in [2.45, 2.75) is 6.10 Å². The van der Waals surface area contributed by atoms with Crippen LogP contribution in [0.4, 0.5) is 0 Å². The number of para-hydroxylation sites is 2. The third-order valence-electron chi connectivity index (χ3n) is 3.28. The number of benzene rings is 2. The quantitative estimate of drug-likeness (QED) is 0.800. The van der Waals surface area contributed by atoms with Gasteiger partial charge in [0.15, 0.2) is 11.5 Å². The molecule has 0 saturated heterocycles. The van der Waals surface area contributed by atoms with Crippen LogP contribution in [0.2, 0.25) is 10.0 Å². The molecule has 1 atom stereocenters. The van der Waals surface area contributed by atoms with Crippen molar-refractivity contribution < 1.29 is 19.1 Å². The van der Waals surface area contributed by atoms with Crippen LogP contribution >= 0.6 is 23.2 Å². The maximum Gasteiger partial charge on any atom is 0.283 e. The Morgan fingerprint density at radius 3 is 2.54 bits per heavy atom. The predicted molar refractivity (Wildman–Crippen MR) is 88.4 cm³/mol. The number of nitrogens with one attached hydrogen (secondary N) is 2. The molecule has 1 aliphatic rings. The number of halogens is 2. The van der Waals surface area contributed by atoms with Crippen LogP contribution < -0.4 is 20.3 Å². The minimum Gasteiger partial charge on any atom is -0.485 e. The molecule has 8 heteroatoms. The summed E-state index contributed by atoms with van der Waals surface area (Å²) in [5.41, 5.74) is 4.75. The van der Waals surface area contributed by atoms with Crippen molar-refractivity contribution in [3.05, 3.63) is 58.1 Å². The summed E-state index contributed by atoms with van der Waals surface area (Å²) in [4.78, 5) is 24.1. The molecule has 2 aromatic carbocycles. The standard InChI is InChI=1S/C16H12Cl2N2O4/c17-9-5-6-10(11(18)7-9)15(21)19-20-16(22)14-8-23-12-3-1-2-4-13(12)24-14/h1-7,14H,8H2,(H,19,21)(H,20,22). The van der Waals surface area contributed by atoms with Crippen molar-refractivity contribution in [3.63, 3.8) is 0 Å². The lowest BCUT2D eigenvalue weighted by atomic mass is 10.2. The van der Waals surface area contributed by atoms with E-state index in [-0.39, 0.29) is 17.2 Å². The molecule has 0 aromatic heterocycles. The molecule has 1 heterocycles. The monoisotopic (exact) mass is 366 g/mol. The molecular weight excluding hydrogens is 355 g/mol. The van der Waals surface area contributed by atoms with Crippen LogP contribution in [0, 0.1) is 0 Å². The Hall–Kier alpha value is -2.44. The van der Waals surface area contributed by atoms with Gasteiger partial charge >= 0.3 is 0 Å². The molecule has 2 amide bonds. The molecule has 2 N–H and O–H groups in total. The highest BCUT2D eigenvalue weighted by molar-refractivity contribution is 6.36. The van der Waals surface area contributed by atoms with E-state index < -0.39 is 17.9 Å². The summed E-state index contributed by atoms with van der Waals surface area (Å²) in [6.45, 7) is 0.0421. The van der Waals surface area contributed by atoms with Gasteiger partial charge < -0.3 is 9.47 Å². The van der Waals surface area contributed by atoms with Gasteiger partial charge in [-0.05, 0) is 30.3 Å². The zero-order valence-electron chi connectivity index (χ0n) is 12.2. The van der Waals surface area contributed by atoms with Gasteiger partial charge in [-0.1, -0.05) is 35.3 Å². The SMILES string of the molecule is O=C(NNC(=O)C1COc2ccccc2O1)c1ccc(Cl)cc1Cl. The van der Waals surface area contributed by atoms with Crippen LogP contribution in [-0.2, 0) is 4.79 Å². The fourth-order valence-electron chi connectivity index (χ4n) is 2.09. The summed E-state index contributed by atoms with van der Waals surface area (Å²) >= 11 is 11.7. The van der Waals surface area contributed by atoms with E-state index in [0.29, 0.717) is 16.5 Å². The largest absolute Gasteiger partial charge is 0.485 e. The minimum atomic E-state index is -0.874. The first-order valence-electron chi connectivity index (χ1n) is 6.98. The third kappa shape index (κ3) is 3.55. The lowest BCUT2D eigenvalue weighted by Crippen LogP contribution is -2.50. The lowest BCUT2D eigenvalue weighted by Gasteiger charge is -2.25. The number of hydrogen-bond donors (Lipinski definition) is 2. The highest BCUT2D eigenvalue weighted by atomic mass is 35.5. The molecule has 2 aromatic rings. The first-order chi connectivity index (χ1) is 11.5. The van der Waals surface area contributed by atoms with Crippen molar-refractivity contribution in [3.8, 4) is 11.5 Å². The highest BCUT2D eigenvalue weighted by Gasteiger charge is 2.27. The smallest absolute Gasteiger partial charge is 0.283 e. The maximum absolute atomic E-state index is 12.1. The highest BCUT2D eigenvalue weighted by Crippen LogP contribution is 2.30. The van der Waals surface area contributed by atoms with E-state index in [1.54, 1.807) is 24.3 Å². The number of carbonyl (C=O) groups is 2. The molecule has 0 radical (unpaired) electrons. The Labute approximate surface area is 147 Å². The molecular formula is C16H12Cl2N2O4. The van der Waals surface area contributed by atoms with Crippen LogP contribution in [-0.4, -0.2) is 24.5 Å². The molecule has 0 saturated carbocycles. The zero-order chi connectivity index (χ0) is 17.1. The van der Waals surface area contributed by atoms with Crippen molar-refractivity contribution >= 4 is 35.0 Å². The average molecular weight is 367 g/mol. The van der Waals surface area contributed by atoms with Crippen LogP contribution in [0.1, 0.15) is 10.4 Å². The first kappa shape index (κ1) is 16.4. The molecule has 1 aliphatic heterocycles. The van der Waals surface area contributed by atoms with Gasteiger partial charge in [0.05, 0.1) is 10.6 Å². The van der Waals surface area contributed by atoms with Crippen molar-refractivity contribution in [1.29, 1.82) is 0 Å². The summed E-state index contributed by atoms with van der Waals surface area (Å²) in [5.74, 6) is -0.0698. The van der Waals surface area contributed by atoms with E-state index in [0.717, 1.165) is 0 Å². The summed E-state index contributed by atoms with van der Waals surface area (Å²) in [6.07, 6.45) is -0.874. The molecule has 6 nitrogen and oxygen atoms in total. The summed E-state index contributed by atoms with van der Waals surface area (Å²) in [5, 5.41) is 0.590. The van der Waals surface area contributed by atoms with Gasteiger partial charge in [0.25, 0.3) is 11.8 Å². The van der Waals surface area contributed by atoms with Crippen molar-refractivity contribution in [1.82, 2.24) is 10.9 Å². The number of fused-ring (bicyclic) bond motifs is 1. The molecule has 124 valence electrons. The van der Waals surface area contributed by atoms with Gasteiger partial charge in [-0.2, -0.15) is 0 Å². The minimum absolute atomic E-state index is 0.0421. The second-order valence-corrected chi connectivity index (χ2v) is 5.78. The van der Waals surface area contributed by atoms with Crippen LogP contribution in [0.15, 0.2) is 42.5 Å². The molecule has 0 aliphatic carbocycles. The zero-order valence-corrected chi connectivity index (χ0v) is 13.7. The van der Waals surface area contributed by atoms with Gasteiger partial charge in [-0.3, -0.25) is 20.4 Å². The predicted octanol–water partition coefficient (Wildman–Crippen LogP) is 2.59. The van der Waals surface area contributed by atoms with Crippen molar-refractivity contribution in [2.24, 2.45) is 0 Å². The van der Waals surface area contributed by atoms with E-state index in [2.05, 4.69) is 10.9 Å². The number of rotatable bonds is 2. The molecule has 0 spiro atoms. The van der Waals surface area contributed by atoms with Crippen LogP contribution in [0.5, 0.6) is 11.5 Å².